The van der Waals surface area contributed by atoms with Crippen molar-refractivity contribution in [2.45, 2.75) is 25.4 Å². The van der Waals surface area contributed by atoms with E-state index < -0.39 is 11.4 Å². The van der Waals surface area contributed by atoms with E-state index >= 15 is 0 Å². The number of hydrogen-bond donors (Lipinski definition) is 2. The van der Waals surface area contributed by atoms with Gasteiger partial charge >= 0.3 is 0 Å². The minimum absolute atomic E-state index is 0.0317. The second-order valence-electron chi connectivity index (χ2n) is 5.06. The molecule has 1 unspecified atom stereocenters. The first-order valence-electron chi connectivity index (χ1n) is 6.83. The lowest BCUT2D eigenvalue weighted by atomic mass is 10.1. The van der Waals surface area contributed by atoms with Crippen LogP contribution in [0.1, 0.15) is 18.7 Å². The van der Waals surface area contributed by atoms with E-state index in [0.717, 1.165) is 12.8 Å². The average Bonchev–Trinajstić information content (AvgIpc) is 2.93. The Morgan fingerprint density at radius 1 is 1.38 bits per heavy atom. The van der Waals surface area contributed by atoms with Gasteiger partial charge < -0.3 is 14.8 Å². The predicted octanol–water partition coefficient (Wildman–Crippen LogP) is 2.00. The molecule has 2 N–H and O–H groups in total. The van der Waals surface area contributed by atoms with Crippen LogP contribution in [0.2, 0.25) is 0 Å². The summed E-state index contributed by atoms with van der Waals surface area (Å²) in [5, 5.41) is 10.0. The lowest BCUT2D eigenvalue weighted by Crippen LogP contribution is -2.18. The molecular formula is C15H15FN2O3. The summed E-state index contributed by atoms with van der Waals surface area (Å²) >= 11 is 0. The van der Waals surface area contributed by atoms with E-state index in [1.54, 1.807) is 0 Å². The van der Waals surface area contributed by atoms with Crippen LogP contribution in [0.3, 0.4) is 0 Å². The zero-order valence-corrected chi connectivity index (χ0v) is 11.3. The van der Waals surface area contributed by atoms with Gasteiger partial charge in [-0.05, 0) is 30.5 Å². The van der Waals surface area contributed by atoms with Gasteiger partial charge in [-0.25, -0.2) is 4.39 Å². The number of ether oxygens (including phenoxy) is 1. The van der Waals surface area contributed by atoms with E-state index in [-0.39, 0.29) is 17.5 Å². The van der Waals surface area contributed by atoms with Crippen LogP contribution >= 0.6 is 0 Å². The SMILES string of the molecule is O=c1[nH]c(CC2CCCO2)nc(O)c1-c1ccc(F)cc1. The van der Waals surface area contributed by atoms with E-state index in [1.807, 2.05) is 0 Å². The second-order valence-corrected chi connectivity index (χ2v) is 5.06. The highest BCUT2D eigenvalue weighted by atomic mass is 19.1. The number of aromatic nitrogens is 2. The maximum absolute atomic E-state index is 12.9. The smallest absolute Gasteiger partial charge is 0.262 e. The van der Waals surface area contributed by atoms with Gasteiger partial charge in [-0.2, -0.15) is 4.98 Å². The van der Waals surface area contributed by atoms with Gasteiger partial charge in [0.05, 0.1) is 6.10 Å². The van der Waals surface area contributed by atoms with Crippen LogP contribution in [-0.4, -0.2) is 27.8 Å². The first kappa shape index (κ1) is 13.8. The normalized spacial score (nSPS) is 18.0. The molecule has 110 valence electrons. The molecule has 1 saturated heterocycles. The van der Waals surface area contributed by atoms with Crippen LogP contribution in [0, 0.1) is 5.82 Å². The van der Waals surface area contributed by atoms with Crippen LogP contribution in [0.15, 0.2) is 29.1 Å². The van der Waals surface area contributed by atoms with E-state index in [0.29, 0.717) is 24.4 Å². The first-order valence-corrected chi connectivity index (χ1v) is 6.83. The molecule has 0 saturated carbocycles. The van der Waals surface area contributed by atoms with E-state index in [2.05, 4.69) is 9.97 Å². The van der Waals surface area contributed by atoms with Crippen molar-refractivity contribution >= 4 is 0 Å². The van der Waals surface area contributed by atoms with Gasteiger partial charge in [-0.1, -0.05) is 12.1 Å². The average molecular weight is 290 g/mol. The Morgan fingerprint density at radius 2 is 2.14 bits per heavy atom. The molecule has 5 nitrogen and oxygen atoms in total. The molecule has 0 amide bonds. The molecular weight excluding hydrogens is 275 g/mol. The number of benzene rings is 1. The van der Waals surface area contributed by atoms with Gasteiger partial charge in [0.25, 0.3) is 5.56 Å². The second kappa shape index (κ2) is 5.65. The van der Waals surface area contributed by atoms with Gasteiger partial charge in [0, 0.05) is 13.0 Å². The molecule has 1 aliphatic heterocycles. The monoisotopic (exact) mass is 290 g/mol. The number of aromatic hydroxyl groups is 1. The summed E-state index contributed by atoms with van der Waals surface area (Å²) in [5.41, 5.74) is 0.0273. The van der Waals surface area contributed by atoms with Crippen molar-refractivity contribution in [2.24, 2.45) is 0 Å². The maximum Gasteiger partial charge on any atom is 0.262 e. The number of H-pyrrole nitrogens is 1. The highest BCUT2D eigenvalue weighted by Gasteiger charge is 2.19. The summed E-state index contributed by atoms with van der Waals surface area (Å²) in [5.74, 6) is -0.355. The Morgan fingerprint density at radius 3 is 2.76 bits per heavy atom. The van der Waals surface area contributed by atoms with Gasteiger partial charge in [0.15, 0.2) is 0 Å². The standard InChI is InChI=1S/C15H15FN2O3/c16-10-5-3-9(4-6-10)13-14(19)17-12(18-15(13)20)8-11-2-1-7-21-11/h3-6,11H,1-2,7-8H2,(H2,17,18,19,20). The highest BCUT2D eigenvalue weighted by Crippen LogP contribution is 2.24. The molecule has 2 heterocycles. The minimum atomic E-state index is -0.442. The number of hydrogen-bond acceptors (Lipinski definition) is 4. The summed E-state index contributed by atoms with van der Waals surface area (Å²) in [6, 6.07) is 5.32. The van der Waals surface area contributed by atoms with Crippen LogP contribution in [0.5, 0.6) is 5.88 Å². The molecule has 0 aliphatic carbocycles. The number of aromatic amines is 1. The van der Waals surface area contributed by atoms with Gasteiger partial charge in [0.2, 0.25) is 5.88 Å². The van der Waals surface area contributed by atoms with Crippen LogP contribution in [0.25, 0.3) is 11.1 Å². The van der Waals surface area contributed by atoms with Crippen LogP contribution in [-0.2, 0) is 11.2 Å². The van der Waals surface area contributed by atoms with Crippen molar-refractivity contribution in [3.63, 3.8) is 0 Å². The first-order chi connectivity index (χ1) is 10.1. The molecule has 1 fully saturated rings. The molecule has 3 rings (SSSR count). The number of nitrogens with one attached hydrogen (secondary N) is 1. The minimum Gasteiger partial charge on any atom is -0.493 e. The highest BCUT2D eigenvalue weighted by molar-refractivity contribution is 5.67. The van der Waals surface area contributed by atoms with Crippen LogP contribution < -0.4 is 5.56 Å². The van der Waals surface area contributed by atoms with Crippen molar-refractivity contribution in [1.82, 2.24) is 9.97 Å². The molecule has 1 aromatic heterocycles. The largest absolute Gasteiger partial charge is 0.493 e. The van der Waals surface area contributed by atoms with E-state index in [4.69, 9.17) is 4.74 Å². The van der Waals surface area contributed by atoms with Gasteiger partial charge in [-0.15, -0.1) is 0 Å². The lowest BCUT2D eigenvalue weighted by molar-refractivity contribution is 0.109. The zero-order chi connectivity index (χ0) is 14.8. The topological polar surface area (TPSA) is 75.2 Å². The molecule has 21 heavy (non-hydrogen) atoms. The third-order valence-corrected chi connectivity index (χ3v) is 3.53. The third kappa shape index (κ3) is 2.95. The quantitative estimate of drug-likeness (QED) is 0.906. The van der Waals surface area contributed by atoms with Crippen molar-refractivity contribution in [3.05, 3.63) is 46.3 Å². The summed E-state index contributed by atoms with van der Waals surface area (Å²) < 4.78 is 18.4. The van der Waals surface area contributed by atoms with E-state index in [1.165, 1.54) is 24.3 Å². The van der Waals surface area contributed by atoms with Gasteiger partial charge in [-0.3, -0.25) is 4.79 Å². The Kier molecular flexibility index (Phi) is 3.70. The fourth-order valence-electron chi connectivity index (χ4n) is 2.50. The Balaban J connectivity index is 1.92. The van der Waals surface area contributed by atoms with Crippen molar-refractivity contribution < 1.29 is 14.2 Å². The Labute approximate surface area is 120 Å². The van der Waals surface area contributed by atoms with Crippen molar-refractivity contribution in [2.75, 3.05) is 6.61 Å². The fraction of sp³-hybridized carbons (Fsp3) is 0.333. The fourth-order valence-corrected chi connectivity index (χ4v) is 2.50. The lowest BCUT2D eigenvalue weighted by Gasteiger charge is -2.10. The van der Waals surface area contributed by atoms with Crippen LogP contribution in [0.4, 0.5) is 4.39 Å². The van der Waals surface area contributed by atoms with E-state index in [9.17, 15) is 14.3 Å². The molecule has 1 atom stereocenters. The van der Waals surface area contributed by atoms with Crippen molar-refractivity contribution in [3.8, 4) is 17.0 Å². The molecule has 0 radical (unpaired) electrons. The molecule has 1 aromatic carbocycles. The molecule has 0 bridgehead atoms. The predicted molar refractivity (Wildman–Crippen MR) is 74.6 cm³/mol. The third-order valence-electron chi connectivity index (χ3n) is 3.53. The zero-order valence-electron chi connectivity index (χ0n) is 11.3. The van der Waals surface area contributed by atoms with Crippen molar-refractivity contribution in [1.29, 1.82) is 0 Å². The summed E-state index contributed by atoms with van der Waals surface area (Å²) in [7, 11) is 0. The number of halogens is 1. The number of nitrogens with zero attached hydrogens (tertiary/aromatic N) is 1. The molecule has 1 aliphatic rings. The molecule has 2 aromatic rings. The summed E-state index contributed by atoms with van der Waals surface area (Å²) in [6.45, 7) is 0.717. The number of rotatable bonds is 3. The summed E-state index contributed by atoms with van der Waals surface area (Å²) in [6.07, 6.45) is 2.41. The molecule has 0 spiro atoms. The summed E-state index contributed by atoms with van der Waals surface area (Å²) in [4.78, 5) is 18.8. The Hall–Kier alpha value is -2.21. The van der Waals surface area contributed by atoms with Gasteiger partial charge in [0.1, 0.15) is 17.2 Å². The Bertz CT molecular complexity index is 691. The molecule has 6 heteroatoms. The maximum atomic E-state index is 12.9.